The van der Waals surface area contributed by atoms with Crippen LogP contribution in [0.4, 0.5) is 5.82 Å². The molecule has 6 heteroatoms. The smallest absolute Gasteiger partial charge is 0.200 e. The summed E-state index contributed by atoms with van der Waals surface area (Å²) in [5.74, 6) is 1.53. The van der Waals surface area contributed by atoms with Crippen molar-refractivity contribution >= 4 is 11.5 Å². The van der Waals surface area contributed by atoms with E-state index in [1.54, 1.807) is 0 Å². The molecule has 0 amide bonds. The van der Waals surface area contributed by atoms with E-state index in [0.717, 1.165) is 12.4 Å². The topological polar surface area (TPSA) is 68.0 Å². The maximum Gasteiger partial charge on any atom is 0.200 e. The molecule has 1 atom stereocenters. The zero-order valence-corrected chi connectivity index (χ0v) is 11.0. The van der Waals surface area contributed by atoms with Gasteiger partial charge >= 0.3 is 0 Å². The van der Waals surface area contributed by atoms with E-state index in [2.05, 4.69) is 39.8 Å². The lowest BCUT2D eigenvalue weighted by Crippen LogP contribution is -2.15. The first-order valence-corrected chi connectivity index (χ1v) is 6.62. The second-order valence-electron chi connectivity index (χ2n) is 4.54. The molecule has 0 saturated heterocycles. The van der Waals surface area contributed by atoms with Gasteiger partial charge in [0.05, 0.1) is 0 Å². The second kappa shape index (κ2) is 6.28. The number of anilines is 1. The maximum atomic E-state index is 4.29. The number of nitrogens with zero attached hydrogens (tertiary/aromatic N) is 5. The van der Waals surface area contributed by atoms with Crippen LogP contribution in [0.3, 0.4) is 0 Å². The highest BCUT2D eigenvalue weighted by Gasteiger charge is 2.06. The number of nitrogens with one attached hydrogen (secondary N) is 1. The molecule has 2 aromatic rings. The van der Waals surface area contributed by atoms with Gasteiger partial charge in [0.2, 0.25) is 0 Å². The van der Waals surface area contributed by atoms with Crippen molar-refractivity contribution in [2.45, 2.75) is 39.5 Å². The lowest BCUT2D eigenvalue weighted by Gasteiger charge is -2.15. The summed E-state index contributed by atoms with van der Waals surface area (Å²) in [4.78, 5) is 0. The number of hydrogen-bond donors (Lipinski definition) is 1. The fourth-order valence-electron chi connectivity index (χ4n) is 1.94. The third-order valence-corrected chi connectivity index (χ3v) is 3.18. The Morgan fingerprint density at radius 2 is 2.22 bits per heavy atom. The minimum atomic E-state index is 0.665. The summed E-state index contributed by atoms with van der Waals surface area (Å²) in [6.07, 6.45) is 5.01. The Kier molecular flexibility index (Phi) is 4.44. The molecule has 0 aliphatic carbocycles. The minimum absolute atomic E-state index is 0.665. The van der Waals surface area contributed by atoms with Crippen molar-refractivity contribution in [3.05, 3.63) is 12.1 Å². The van der Waals surface area contributed by atoms with E-state index < -0.39 is 0 Å². The summed E-state index contributed by atoms with van der Waals surface area (Å²) in [5, 5.41) is 18.8. The van der Waals surface area contributed by atoms with Crippen LogP contribution in [0.25, 0.3) is 5.65 Å². The molecule has 0 spiro atoms. The Morgan fingerprint density at radius 1 is 1.33 bits per heavy atom. The number of hydrogen-bond acceptors (Lipinski definition) is 5. The highest BCUT2D eigenvalue weighted by molar-refractivity contribution is 5.41. The van der Waals surface area contributed by atoms with E-state index >= 15 is 0 Å². The van der Waals surface area contributed by atoms with Crippen molar-refractivity contribution in [2.75, 3.05) is 11.9 Å². The van der Waals surface area contributed by atoms with Crippen LogP contribution >= 0.6 is 0 Å². The summed E-state index contributed by atoms with van der Waals surface area (Å²) >= 11 is 0. The van der Waals surface area contributed by atoms with Gasteiger partial charge in [0.25, 0.3) is 0 Å². The van der Waals surface area contributed by atoms with Gasteiger partial charge in [-0.05, 0) is 34.9 Å². The van der Waals surface area contributed by atoms with Gasteiger partial charge in [-0.2, -0.15) is 0 Å². The number of unbranched alkanes of at least 4 members (excludes halogenated alkanes) is 1. The van der Waals surface area contributed by atoms with E-state index in [-0.39, 0.29) is 0 Å². The zero-order chi connectivity index (χ0) is 12.8. The lowest BCUT2D eigenvalue weighted by atomic mass is 9.99. The summed E-state index contributed by atoms with van der Waals surface area (Å²) in [6, 6.07) is 3.78. The fraction of sp³-hybridized carbons (Fsp3) is 0.667. The fourth-order valence-corrected chi connectivity index (χ4v) is 1.94. The van der Waals surface area contributed by atoms with Crippen LogP contribution in [0, 0.1) is 5.92 Å². The molecule has 1 N–H and O–H groups in total. The molecule has 0 aromatic carbocycles. The molecule has 6 nitrogen and oxygen atoms in total. The van der Waals surface area contributed by atoms with Crippen molar-refractivity contribution in [1.29, 1.82) is 0 Å². The number of rotatable bonds is 7. The average Bonchev–Trinajstić information content (AvgIpc) is 2.86. The van der Waals surface area contributed by atoms with Crippen LogP contribution in [0.15, 0.2) is 12.1 Å². The number of aromatic nitrogens is 5. The normalized spacial score (nSPS) is 12.8. The van der Waals surface area contributed by atoms with E-state index in [0.29, 0.717) is 11.6 Å². The van der Waals surface area contributed by atoms with Gasteiger partial charge in [-0.1, -0.05) is 33.1 Å². The third kappa shape index (κ3) is 3.15. The maximum absolute atomic E-state index is 4.29. The van der Waals surface area contributed by atoms with Gasteiger partial charge in [-0.25, -0.2) is 0 Å². The minimum Gasteiger partial charge on any atom is -0.368 e. The van der Waals surface area contributed by atoms with Crippen molar-refractivity contribution in [3.8, 4) is 0 Å². The SMILES string of the molecule is CCCCC(CC)CNc1ccc2nnnn2n1. The van der Waals surface area contributed by atoms with Gasteiger partial charge in [0, 0.05) is 6.54 Å². The van der Waals surface area contributed by atoms with Gasteiger partial charge in [-0.15, -0.1) is 14.8 Å². The second-order valence-corrected chi connectivity index (χ2v) is 4.54. The van der Waals surface area contributed by atoms with E-state index in [1.807, 2.05) is 12.1 Å². The molecule has 0 fully saturated rings. The molecular formula is C12H20N6. The monoisotopic (exact) mass is 248 g/mol. The molecule has 1 unspecified atom stereocenters. The molecule has 0 radical (unpaired) electrons. The van der Waals surface area contributed by atoms with Gasteiger partial charge in [0.15, 0.2) is 5.65 Å². The highest BCUT2D eigenvalue weighted by Crippen LogP contribution is 2.13. The predicted octanol–water partition coefficient (Wildman–Crippen LogP) is 2.15. The Morgan fingerprint density at radius 3 is 3.00 bits per heavy atom. The summed E-state index contributed by atoms with van der Waals surface area (Å²) < 4.78 is 1.44. The summed E-state index contributed by atoms with van der Waals surface area (Å²) in [6.45, 7) is 5.42. The number of tetrazole rings is 1. The first-order chi connectivity index (χ1) is 8.83. The molecule has 0 aliphatic rings. The quantitative estimate of drug-likeness (QED) is 0.813. The van der Waals surface area contributed by atoms with E-state index in [4.69, 9.17) is 0 Å². The van der Waals surface area contributed by atoms with Crippen molar-refractivity contribution in [2.24, 2.45) is 5.92 Å². The molecular weight excluding hydrogens is 228 g/mol. The molecule has 98 valence electrons. The van der Waals surface area contributed by atoms with Gasteiger partial charge < -0.3 is 5.32 Å². The van der Waals surface area contributed by atoms with E-state index in [9.17, 15) is 0 Å². The molecule has 18 heavy (non-hydrogen) atoms. The summed E-state index contributed by atoms with van der Waals surface area (Å²) in [7, 11) is 0. The molecule has 0 aliphatic heterocycles. The van der Waals surface area contributed by atoms with Crippen LogP contribution < -0.4 is 5.32 Å². The first kappa shape index (κ1) is 12.7. The molecule has 2 rings (SSSR count). The van der Waals surface area contributed by atoms with Crippen molar-refractivity contribution in [3.63, 3.8) is 0 Å². The predicted molar refractivity (Wildman–Crippen MR) is 70.4 cm³/mol. The van der Waals surface area contributed by atoms with Crippen molar-refractivity contribution in [1.82, 2.24) is 25.3 Å². The third-order valence-electron chi connectivity index (χ3n) is 3.18. The molecule has 2 aromatic heterocycles. The van der Waals surface area contributed by atoms with Crippen LogP contribution in [0.5, 0.6) is 0 Å². The Hall–Kier alpha value is -1.72. The average molecular weight is 248 g/mol. The molecule has 0 saturated carbocycles. The molecule has 2 heterocycles. The van der Waals surface area contributed by atoms with Gasteiger partial charge in [0.1, 0.15) is 5.82 Å². The molecule has 0 bridgehead atoms. The lowest BCUT2D eigenvalue weighted by molar-refractivity contribution is 0.472. The van der Waals surface area contributed by atoms with Crippen LogP contribution in [-0.4, -0.2) is 31.8 Å². The summed E-state index contributed by atoms with van der Waals surface area (Å²) in [5.41, 5.74) is 0.665. The Labute approximate surface area is 107 Å². The van der Waals surface area contributed by atoms with Gasteiger partial charge in [-0.3, -0.25) is 0 Å². The standard InChI is InChI=1S/C12H20N6/c1-3-5-6-10(4-2)9-13-11-7-8-12-14-16-17-18(12)15-11/h7-8,10H,3-6,9H2,1-2H3,(H,13,15). The van der Waals surface area contributed by atoms with Crippen LogP contribution in [-0.2, 0) is 0 Å². The number of fused-ring (bicyclic) bond motifs is 1. The van der Waals surface area contributed by atoms with Crippen LogP contribution in [0.1, 0.15) is 39.5 Å². The Bertz CT molecular complexity index is 480. The zero-order valence-electron chi connectivity index (χ0n) is 11.0. The first-order valence-electron chi connectivity index (χ1n) is 6.62. The Balaban J connectivity index is 1.91. The largest absolute Gasteiger partial charge is 0.368 e. The highest BCUT2D eigenvalue weighted by atomic mass is 15.6. The van der Waals surface area contributed by atoms with Crippen LogP contribution in [0.2, 0.25) is 0 Å². The van der Waals surface area contributed by atoms with Crippen molar-refractivity contribution < 1.29 is 0 Å². The van der Waals surface area contributed by atoms with E-state index in [1.165, 1.54) is 30.3 Å².